The van der Waals surface area contributed by atoms with Gasteiger partial charge in [-0.15, -0.1) is 11.3 Å². The number of benzene rings is 1. The van der Waals surface area contributed by atoms with E-state index in [-0.39, 0.29) is 11.7 Å². The summed E-state index contributed by atoms with van der Waals surface area (Å²) in [6.07, 6.45) is 4.77. The summed E-state index contributed by atoms with van der Waals surface area (Å²) in [5.74, 6) is 1.38. The molecule has 1 heterocycles. The van der Waals surface area contributed by atoms with Crippen molar-refractivity contribution in [2.24, 2.45) is 0 Å². The predicted molar refractivity (Wildman–Crippen MR) is 86.9 cm³/mol. The summed E-state index contributed by atoms with van der Waals surface area (Å²) in [5.41, 5.74) is 2.01. The molecular weight excluding hydrogens is 280 g/mol. The molecule has 0 radical (unpaired) electrons. The highest BCUT2D eigenvalue weighted by Crippen LogP contribution is 2.38. The van der Waals surface area contributed by atoms with E-state index >= 15 is 0 Å². The van der Waals surface area contributed by atoms with E-state index in [2.05, 4.69) is 17.5 Å². The minimum absolute atomic E-state index is 0.258. The van der Waals surface area contributed by atoms with Crippen LogP contribution in [0.4, 0.5) is 0 Å². The minimum Gasteiger partial charge on any atom is -0.497 e. The zero-order valence-electron chi connectivity index (χ0n) is 12.0. The molecule has 1 aliphatic rings. The first kappa shape index (κ1) is 14.1. The highest BCUT2D eigenvalue weighted by atomic mass is 32.1. The van der Waals surface area contributed by atoms with Gasteiger partial charge in [0.2, 0.25) is 0 Å². The maximum Gasteiger partial charge on any atom is 0.159 e. The maximum absolute atomic E-state index is 12.3. The lowest BCUT2D eigenvalue weighted by molar-refractivity contribution is -0.116. The van der Waals surface area contributed by atoms with Crippen LogP contribution in [0.1, 0.15) is 35.6 Å². The lowest BCUT2D eigenvalue weighted by Gasteiger charge is -2.23. The van der Waals surface area contributed by atoms with Gasteiger partial charge in [-0.25, -0.2) is 0 Å². The molecule has 0 N–H and O–H groups in total. The molecule has 1 aromatic heterocycles. The van der Waals surface area contributed by atoms with E-state index in [4.69, 9.17) is 4.74 Å². The average molecular weight is 298 g/mol. The summed E-state index contributed by atoms with van der Waals surface area (Å²) in [6.45, 7) is 0. The highest BCUT2D eigenvalue weighted by molar-refractivity contribution is 7.10. The number of ketones is 1. The van der Waals surface area contributed by atoms with Crippen LogP contribution in [0.2, 0.25) is 0 Å². The van der Waals surface area contributed by atoms with Gasteiger partial charge in [-0.3, -0.25) is 4.79 Å². The first-order chi connectivity index (χ1) is 10.3. The molecule has 1 fully saturated rings. The number of hydrogen-bond donors (Lipinski definition) is 0. The molecular formula is C18H18O2S. The number of carbonyl (C=O) groups is 1. The van der Waals surface area contributed by atoms with Crippen LogP contribution >= 0.6 is 11.3 Å². The summed E-state index contributed by atoms with van der Waals surface area (Å²) in [4.78, 5) is 13.6. The standard InChI is InChI=1S/C18H18O2S/c1-20-14-9-7-13(8-10-14)12-16-15(4-2-5-17(16)19)18-6-3-11-21-18/h3,6-12,15H,2,4-5H2,1H3/b16-12-. The number of carbonyl (C=O) groups excluding carboxylic acids is 1. The average Bonchev–Trinajstić information content (AvgIpc) is 3.04. The highest BCUT2D eigenvalue weighted by Gasteiger charge is 2.27. The Hall–Kier alpha value is -1.87. The second kappa shape index (κ2) is 6.27. The van der Waals surface area contributed by atoms with Crippen LogP contribution < -0.4 is 4.74 Å². The number of Topliss-reactive ketones (excluding diaryl/α,β-unsaturated/α-hetero) is 1. The van der Waals surface area contributed by atoms with Gasteiger partial charge in [0, 0.05) is 22.8 Å². The molecule has 3 rings (SSSR count). The number of methoxy groups -OCH3 is 1. The molecule has 108 valence electrons. The topological polar surface area (TPSA) is 26.3 Å². The number of hydrogen-bond acceptors (Lipinski definition) is 3. The largest absolute Gasteiger partial charge is 0.497 e. The van der Waals surface area contributed by atoms with Gasteiger partial charge in [-0.05, 0) is 48.1 Å². The first-order valence-electron chi connectivity index (χ1n) is 7.20. The molecule has 1 atom stereocenters. The molecule has 1 saturated carbocycles. The summed E-state index contributed by atoms with van der Waals surface area (Å²) in [6, 6.07) is 12.1. The molecule has 1 aliphatic carbocycles. The summed E-state index contributed by atoms with van der Waals surface area (Å²) < 4.78 is 5.17. The Bertz CT molecular complexity index is 638. The molecule has 0 saturated heterocycles. The monoisotopic (exact) mass is 298 g/mol. The first-order valence-corrected chi connectivity index (χ1v) is 8.08. The van der Waals surface area contributed by atoms with Gasteiger partial charge in [-0.1, -0.05) is 18.2 Å². The van der Waals surface area contributed by atoms with Gasteiger partial charge < -0.3 is 4.74 Å². The SMILES string of the molecule is COc1ccc(/C=C2\C(=O)CCCC2c2cccs2)cc1. The number of allylic oxidation sites excluding steroid dienone is 1. The summed E-state index contributed by atoms with van der Waals surface area (Å²) in [5, 5.41) is 2.08. The normalized spacial score (nSPS) is 20.7. The van der Waals surface area contributed by atoms with E-state index in [9.17, 15) is 4.79 Å². The van der Waals surface area contributed by atoms with E-state index in [1.807, 2.05) is 30.3 Å². The second-order valence-electron chi connectivity index (χ2n) is 5.26. The van der Waals surface area contributed by atoms with E-state index in [1.165, 1.54) is 4.88 Å². The third-order valence-electron chi connectivity index (χ3n) is 3.92. The Morgan fingerprint density at radius 2 is 2.05 bits per heavy atom. The molecule has 2 nitrogen and oxygen atoms in total. The van der Waals surface area contributed by atoms with E-state index in [0.717, 1.165) is 29.7 Å². The van der Waals surface area contributed by atoms with Crippen LogP contribution in [0.5, 0.6) is 5.75 Å². The molecule has 21 heavy (non-hydrogen) atoms. The van der Waals surface area contributed by atoms with Crippen LogP contribution in [0.15, 0.2) is 47.4 Å². The van der Waals surface area contributed by atoms with Crippen LogP contribution in [-0.4, -0.2) is 12.9 Å². The van der Waals surface area contributed by atoms with E-state index in [0.29, 0.717) is 6.42 Å². The zero-order chi connectivity index (χ0) is 14.7. The van der Waals surface area contributed by atoms with Crippen molar-refractivity contribution >= 4 is 23.2 Å². The molecule has 1 aromatic carbocycles. The van der Waals surface area contributed by atoms with Gasteiger partial charge in [0.1, 0.15) is 5.75 Å². The van der Waals surface area contributed by atoms with Crippen molar-refractivity contribution in [3.8, 4) is 5.75 Å². The van der Waals surface area contributed by atoms with Crippen LogP contribution in [-0.2, 0) is 4.79 Å². The number of thiophene rings is 1. The second-order valence-corrected chi connectivity index (χ2v) is 6.24. The lowest BCUT2D eigenvalue weighted by Crippen LogP contribution is -2.16. The number of rotatable bonds is 3. The van der Waals surface area contributed by atoms with Crippen LogP contribution in [0.3, 0.4) is 0 Å². The Morgan fingerprint density at radius 3 is 2.71 bits per heavy atom. The molecule has 0 spiro atoms. The fraction of sp³-hybridized carbons (Fsp3) is 0.278. The van der Waals surface area contributed by atoms with Crippen molar-refractivity contribution in [1.82, 2.24) is 0 Å². The van der Waals surface area contributed by atoms with Crippen LogP contribution in [0, 0.1) is 0 Å². The summed E-state index contributed by atoms with van der Waals surface area (Å²) >= 11 is 1.74. The van der Waals surface area contributed by atoms with Crippen molar-refractivity contribution in [1.29, 1.82) is 0 Å². The van der Waals surface area contributed by atoms with Crippen molar-refractivity contribution in [2.45, 2.75) is 25.2 Å². The van der Waals surface area contributed by atoms with Gasteiger partial charge in [0.25, 0.3) is 0 Å². The van der Waals surface area contributed by atoms with Gasteiger partial charge >= 0.3 is 0 Å². The zero-order valence-corrected chi connectivity index (χ0v) is 12.9. The van der Waals surface area contributed by atoms with Crippen molar-refractivity contribution in [3.63, 3.8) is 0 Å². The fourth-order valence-corrected chi connectivity index (χ4v) is 3.69. The van der Waals surface area contributed by atoms with Gasteiger partial charge in [0.15, 0.2) is 5.78 Å². The van der Waals surface area contributed by atoms with Crippen molar-refractivity contribution in [2.75, 3.05) is 7.11 Å². The Morgan fingerprint density at radius 1 is 1.24 bits per heavy atom. The molecule has 3 heteroatoms. The fourth-order valence-electron chi connectivity index (χ4n) is 2.81. The lowest BCUT2D eigenvalue weighted by atomic mass is 9.81. The van der Waals surface area contributed by atoms with E-state index in [1.54, 1.807) is 18.4 Å². The van der Waals surface area contributed by atoms with Gasteiger partial charge in [-0.2, -0.15) is 0 Å². The minimum atomic E-state index is 0.258. The quantitative estimate of drug-likeness (QED) is 0.769. The maximum atomic E-state index is 12.3. The third-order valence-corrected chi connectivity index (χ3v) is 4.90. The molecule has 0 bridgehead atoms. The molecule has 0 amide bonds. The predicted octanol–water partition coefficient (Wildman–Crippen LogP) is 4.68. The van der Waals surface area contributed by atoms with Crippen LogP contribution in [0.25, 0.3) is 6.08 Å². The van der Waals surface area contributed by atoms with E-state index < -0.39 is 0 Å². The Labute approximate surface area is 129 Å². The molecule has 0 aliphatic heterocycles. The Balaban J connectivity index is 1.94. The Kier molecular flexibility index (Phi) is 4.20. The number of ether oxygens (including phenoxy) is 1. The van der Waals surface area contributed by atoms with Gasteiger partial charge in [0.05, 0.1) is 7.11 Å². The third kappa shape index (κ3) is 3.08. The van der Waals surface area contributed by atoms with Crippen molar-refractivity contribution in [3.05, 3.63) is 57.8 Å². The summed E-state index contributed by atoms with van der Waals surface area (Å²) in [7, 11) is 1.66. The smallest absolute Gasteiger partial charge is 0.159 e. The molecule has 2 aromatic rings. The molecule has 1 unspecified atom stereocenters. The van der Waals surface area contributed by atoms with Crippen molar-refractivity contribution < 1.29 is 9.53 Å².